The number of hydrogen-bond acceptors (Lipinski definition) is 6. The molecule has 3 unspecified atom stereocenters. The van der Waals surface area contributed by atoms with E-state index < -0.39 is 0 Å². The Morgan fingerprint density at radius 3 is 1.05 bits per heavy atom. The van der Waals surface area contributed by atoms with Crippen LogP contribution < -0.4 is 14.2 Å². The highest BCUT2D eigenvalue weighted by molar-refractivity contribution is 5.09. The van der Waals surface area contributed by atoms with Crippen LogP contribution in [0.1, 0.15) is 60.8 Å². The Kier molecular flexibility index (Phi) is 7.19. The summed E-state index contributed by atoms with van der Waals surface area (Å²) in [5.74, 6) is 0. The van der Waals surface area contributed by atoms with E-state index in [1.54, 1.807) is 0 Å². The first kappa shape index (κ1) is 17.5. The number of ether oxygens (including phenoxy) is 3. The number of aromatic nitrogens is 3. The van der Waals surface area contributed by atoms with Crippen LogP contribution in [0, 0.1) is 0 Å². The van der Waals surface area contributed by atoms with Crippen molar-refractivity contribution in [3.8, 4) is 18.0 Å². The van der Waals surface area contributed by atoms with Crippen LogP contribution in [0.25, 0.3) is 0 Å². The minimum atomic E-state index is 0.0281. The Hall–Kier alpha value is -1.59. The molecular weight excluding hydrogens is 270 g/mol. The topological polar surface area (TPSA) is 66.4 Å². The summed E-state index contributed by atoms with van der Waals surface area (Å²) in [7, 11) is 0. The first-order valence-corrected chi connectivity index (χ1v) is 7.74. The van der Waals surface area contributed by atoms with E-state index in [1.807, 2.05) is 41.5 Å². The second-order valence-corrected chi connectivity index (χ2v) is 5.19. The first-order chi connectivity index (χ1) is 9.98. The van der Waals surface area contributed by atoms with Crippen molar-refractivity contribution in [3.05, 3.63) is 0 Å². The summed E-state index contributed by atoms with van der Waals surface area (Å²) >= 11 is 0. The minimum absolute atomic E-state index is 0.0281. The van der Waals surface area contributed by atoms with Gasteiger partial charge in [0.05, 0.1) is 18.3 Å². The zero-order chi connectivity index (χ0) is 15.8. The fourth-order valence-electron chi connectivity index (χ4n) is 1.27. The SMILES string of the molecule is CCC(C)Oc1nc(OC(C)CC)nc(OC(C)CC)n1. The molecule has 120 valence electrons. The molecule has 0 fully saturated rings. The molecule has 0 bridgehead atoms. The Bertz CT molecular complexity index is 354. The molecule has 21 heavy (non-hydrogen) atoms. The van der Waals surface area contributed by atoms with Gasteiger partial charge in [0.1, 0.15) is 0 Å². The highest BCUT2D eigenvalue weighted by Crippen LogP contribution is 2.19. The second-order valence-electron chi connectivity index (χ2n) is 5.19. The van der Waals surface area contributed by atoms with Crippen molar-refractivity contribution in [1.82, 2.24) is 15.0 Å². The molecule has 1 rings (SSSR count). The lowest BCUT2D eigenvalue weighted by molar-refractivity contribution is 0.155. The summed E-state index contributed by atoms with van der Waals surface area (Å²) in [5.41, 5.74) is 0. The predicted molar refractivity (Wildman–Crippen MR) is 81.0 cm³/mol. The van der Waals surface area contributed by atoms with Gasteiger partial charge in [0.15, 0.2) is 0 Å². The fourth-order valence-corrected chi connectivity index (χ4v) is 1.27. The Labute approximate surface area is 127 Å². The van der Waals surface area contributed by atoms with Crippen molar-refractivity contribution in [1.29, 1.82) is 0 Å². The largest absolute Gasteiger partial charge is 0.460 e. The monoisotopic (exact) mass is 297 g/mol. The molecule has 0 saturated carbocycles. The Balaban J connectivity index is 2.95. The van der Waals surface area contributed by atoms with Crippen molar-refractivity contribution in [2.75, 3.05) is 0 Å². The van der Waals surface area contributed by atoms with Crippen LogP contribution in [0.5, 0.6) is 18.0 Å². The molecule has 3 atom stereocenters. The molecule has 0 amide bonds. The van der Waals surface area contributed by atoms with Crippen molar-refractivity contribution >= 4 is 0 Å². The van der Waals surface area contributed by atoms with Gasteiger partial charge in [-0.15, -0.1) is 15.0 Å². The van der Waals surface area contributed by atoms with E-state index >= 15 is 0 Å². The van der Waals surface area contributed by atoms with Crippen molar-refractivity contribution in [2.45, 2.75) is 79.1 Å². The van der Waals surface area contributed by atoms with Crippen LogP contribution in [0.15, 0.2) is 0 Å². The van der Waals surface area contributed by atoms with Gasteiger partial charge >= 0.3 is 18.0 Å². The predicted octanol–water partition coefficient (Wildman–Crippen LogP) is 3.40. The lowest BCUT2D eigenvalue weighted by Gasteiger charge is -2.16. The maximum absolute atomic E-state index is 5.65. The molecule has 6 heteroatoms. The normalized spacial score (nSPS) is 15.1. The van der Waals surface area contributed by atoms with Crippen molar-refractivity contribution in [3.63, 3.8) is 0 Å². The van der Waals surface area contributed by atoms with Gasteiger partial charge in [-0.25, -0.2) is 0 Å². The summed E-state index contributed by atoms with van der Waals surface area (Å²) in [6, 6.07) is 0.739. The second kappa shape index (κ2) is 8.64. The Morgan fingerprint density at radius 1 is 0.619 bits per heavy atom. The summed E-state index contributed by atoms with van der Waals surface area (Å²) < 4.78 is 17.0. The van der Waals surface area contributed by atoms with Crippen molar-refractivity contribution < 1.29 is 14.2 Å². The van der Waals surface area contributed by atoms with E-state index in [0.29, 0.717) is 0 Å². The molecule has 0 aliphatic rings. The number of hydrogen-bond donors (Lipinski definition) is 0. The molecule has 1 heterocycles. The maximum atomic E-state index is 5.65. The molecule has 0 radical (unpaired) electrons. The molecular formula is C15H27N3O3. The van der Waals surface area contributed by atoms with E-state index in [2.05, 4.69) is 15.0 Å². The minimum Gasteiger partial charge on any atom is -0.460 e. The van der Waals surface area contributed by atoms with Crippen molar-refractivity contribution in [2.24, 2.45) is 0 Å². The summed E-state index contributed by atoms with van der Waals surface area (Å²) in [6.07, 6.45) is 2.69. The van der Waals surface area contributed by atoms with E-state index in [0.717, 1.165) is 19.3 Å². The van der Waals surface area contributed by atoms with Gasteiger partial charge in [0, 0.05) is 0 Å². The standard InChI is InChI=1S/C15H27N3O3/c1-7-10(4)19-13-16-14(20-11(5)8-2)18-15(17-13)21-12(6)9-3/h10-12H,7-9H2,1-6H3. The quantitative estimate of drug-likeness (QED) is 0.696. The first-order valence-electron chi connectivity index (χ1n) is 7.74. The molecule has 0 aromatic carbocycles. The van der Waals surface area contributed by atoms with E-state index in [-0.39, 0.29) is 36.3 Å². The van der Waals surface area contributed by atoms with Gasteiger partial charge in [-0.3, -0.25) is 0 Å². The Morgan fingerprint density at radius 2 is 0.857 bits per heavy atom. The summed E-state index contributed by atoms with van der Waals surface area (Å²) in [5, 5.41) is 0. The lowest BCUT2D eigenvalue weighted by atomic mass is 10.3. The van der Waals surface area contributed by atoms with Crippen LogP contribution >= 0.6 is 0 Å². The van der Waals surface area contributed by atoms with E-state index in [4.69, 9.17) is 14.2 Å². The average Bonchev–Trinajstić information content (AvgIpc) is 2.46. The van der Waals surface area contributed by atoms with Gasteiger partial charge < -0.3 is 14.2 Å². The van der Waals surface area contributed by atoms with Gasteiger partial charge in [0.2, 0.25) is 0 Å². The molecule has 0 aliphatic carbocycles. The van der Waals surface area contributed by atoms with Gasteiger partial charge in [0.25, 0.3) is 0 Å². The van der Waals surface area contributed by atoms with Crippen LogP contribution in [0.2, 0.25) is 0 Å². The van der Waals surface area contributed by atoms with Crippen LogP contribution in [0.3, 0.4) is 0 Å². The molecule has 0 spiro atoms. The lowest BCUT2D eigenvalue weighted by Crippen LogP contribution is -2.18. The molecule has 0 saturated heterocycles. The molecule has 1 aromatic rings. The fraction of sp³-hybridized carbons (Fsp3) is 0.800. The zero-order valence-corrected chi connectivity index (χ0v) is 13.9. The zero-order valence-electron chi connectivity index (χ0n) is 13.9. The van der Waals surface area contributed by atoms with Crippen LogP contribution in [-0.2, 0) is 0 Å². The molecule has 1 aromatic heterocycles. The number of nitrogens with zero attached hydrogens (tertiary/aromatic N) is 3. The van der Waals surface area contributed by atoms with Gasteiger partial charge in [-0.2, -0.15) is 0 Å². The molecule has 0 N–H and O–H groups in total. The van der Waals surface area contributed by atoms with E-state index in [1.165, 1.54) is 0 Å². The molecule has 6 nitrogen and oxygen atoms in total. The number of rotatable bonds is 9. The third-order valence-corrected chi connectivity index (χ3v) is 3.22. The van der Waals surface area contributed by atoms with Gasteiger partial charge in [-0.05, 0) is 40.0 Å². The van der Waals surface area contributed by atoms with Crippen LogP contribution in [-0.4, -0.2) is 33.3 Å². The maximum Gasteiger partial charge on any atom is 0.326 e. The molecule has 0 aliphatic heterocycles. The third kappa shape index (κ3) is 6.14. The van der Waals surface area contributed by atoms with E-state index in [9.17, 15) is 0 Å². The summed E-state index contributed by atoms with van der Waals surface area (Å²) in [4.78, 5) is 12.6. The third-order valence-electron chi connectivity index (χ3n) is 3.22. The van der Waals surface area contributed by atoms with Crippen LogP contribution in [0.4, 0.5) is 0 Å². The van der Waals surface area contributed by atoms with Gasteiger partial charge in [-0.1, -0.05) is 20.8 Å². The highest BCUT2D eigenvalue weighted by atomic mass is 16.5. The summed E-state index contributed by atoms with van der Waals surface area (Å²) in [6.45, 7) is 12.0. The smallest absolute Gasteiger partial charge is 0.326 e. The average molecular weight is 297 g/mol. The highest BCUT2D eigenvalue weighted by Gasteiger charge is 2.15.